The van der Waals surface area contributed by atoms with Gasteiger partial charge in [0.05, 0.1) is 21.8 Å². The van der Waals surface area contributed by atoms with Crippen molar-refractivity contribution in [3.63, 3.8) is 0 Å². The van der Waals surface area contributed by atoms with Gasteiger partial charge in [0.15, 0.2) is 0 Å². The number of nitrogens with one attached hydrogen (secondary N) is 1. The van der Waals surface area contributed by atoms with Crippen LogP contribution in [-0.4, -0.2) is 27.1 Å². The molecule has 0 spiro atoms. The Hall–Kier alpha value is -0.240. The minimum Gasteiger partial charge on any atom is -0.242 e. The Kier molecular flexibility index (Phi) is 4.13. The normalized spacial score (nSPS) is 21.8. The van der Waals surface area contributed by atoms with Crippen molar-refractivity contribution >= 4 is 11.0 Å². The summed E-state index contributed by atoms with van der Waals surface area (Å²) in [6.45, 7) is 4.52. The maximum absolute atomic E-state index is 13.3. The lowest BCUT2D eigenvalue weighted by Crippen LogP contribution is -2.57. The molecule has 1 fully saturated rings. The van der Waals surface area contributed by atoms with Gasteiger partial charge in [0.25, 0.3) is 0 Å². The summed E-state index contributed by atoms with van der Waals surface area (Å²) < 4.78 is 76.4. The molecular formula is C10H16F5NOS. The molecule has 1 aliphatic rings. The molecule has 0 aromatic rings. The fraction of sp³-hybridized carbons (Fsp3) is 1.00. The molecule has 1 N–H and O–H groups in total. The van der Waals surface area contributed by atoms with Crippen LogP contribution in [0, 0.1) is 5.92 Å². The number of hydrogen-bond acceptors (Lipinski definition) is 1. The first-order valence-electron chi connectivity index (χ1n) is 5.50. The molecule has 0 heterocycles. The highest BCUT2D eigenvalue weighted by molar-refractivity contribution is 7.84. The fourth-order valence-electron chi connectivity index (χ4n) is 1.36. The second-order valence-corrected chi connectivity index (χ2v) is 7.43. The van der Waals surface area contributed by atoms with Gasteiger partial charge in [-0.15, -0.1) is 0 Å². The Balaban J connectivity index is 2.88. The van der Waals surface area contributed by atoms with E-state index in [9.17, 15) is 26.2 Å². The summed E-state index contributed by atoms with van der Waals surface area (Å²) in [4.78, 5) is 0. The molecule has 18 heavy (non-hydrogen) atoms. The van der Waals surface area contributed by atoms with Crippen molar-refractivity contribution in [1.29, 1.82) is 0 Å². The van der Waals surface area contributed by atoms with Crippen molar-refractivity contribution < 1.29 is 26.2 Å². The van der Waals surface area contributed by atoms with Crippen molar-refractivity contribution in [3.05, 3.63) is 0 Å². The van der Waals surface area contributed by atoms with E-state index in [2.05, 4.69) is 0 Å². The monoisotopic (exact) mass is 293 g/mol. The van der Waals surface area contributed by atoms with Gasteiger partial charge >= 0.3 is 12.1 Å². The van der Waals surface area contributed by atoms with Crippen LogP contribution in [0.4, 0.5) is 22.0 Å². The number of hydrogen-bond donors (Lipinski definition) is 1. The van der Waals surface area contributed by atoms with Crippen LogP contribution >= 0.6 is 0 Å². The highest BCUT2D eigenvalue weighted by atomic mass is 32.2. The predicted octanol–water partition coefficient (Wildman–Crippen LogP) is 3.01. The zero-order valence-corrected chi connectivity index (χ0v) is 11.1. The standard InChI is InChI=1S/C10H16F5NOS/c1-8(2,3)18(17)16-7(6-4-5-6)9(11,12)10(13,14)15/h6-7,16H,4-5H2,1-3H3. The topological polar surface area (TPSA) is 29.1 Å². The van der Waals surface area contributed by atoms with E-state index in [0.29, 0.717) is 12.8 Å². The van der Waals surface area contributed by atoms with Crippen LogP contribution in [0.5, 0.6) is 0 Å². The van der Waals surface area contributed by atoms with Gasteiger partial charge < -0.3 is 0 Å². The molecule has 2 atom stereocenters. The van der Waals surface area contributed by atoms with Crippen molar-refractivity contribution in [3.8, 4) is 0 Å². The predicted molar refractivity (Wildman–Crippen MR) is 58.5 cm³/mol. The third kappa shape index (κ3) is 3.40. The van der Waals surface area contributed by atoms with E-state index in [0.717, 1.165) is 0 Å². The van der Waals surface area contributed by atoms with Gasteiger partial charge in [-0.1, -0.05) is 0 Å². The lowest BCUT2D eigenvalue weighted by Gasteiger charge is -2.31. The molecule has 1 saturated carbocycles. The van der Waals surface area contributed by atoms with Crippen LogP contribution < -0.4 is 4.72 Å². The molecular weight excluding hydrogens is 277 g/mol. The number of halogens is 5. The Morgan fingerprint density at radius 2 is 1.56 bits per heavy atom. The molecule has 0 aliphatic heterocycles. The van der Waals surface area contributed by atoms with Gasteiger partial charge in [-0.3, -0.25) is 0 Å². The quantitative estimate of drug-likeness (QED) is 0.793. The molecule has 0 aromatic carbocycles. The van der Waals surface area contributed by atoms with E-state index in [1.54, 1.807) is 0 Å². The molecule has 1 aliphatic carbocycles. The third-order valence-electron chi connectivity index (χ3n) is 2.65. The van der Waals surface area contributed by atoms with E-state index in [4.69, 9.17) is 0 Å². The SMILES string of the molecule is CC(C)(C)S(=O)NC(C1CC1)C(F)(F)C(F)(F)F. The van der Waals surface area contributed by atoms with Gasteiger partial charge in [0.2, 0.25) is 0 Å². The van der Waals surface area contributed by atoms with E-state index in [-0.39, 0.29) is 0 Å². The average Bonchev–Trinajstić information content (AvgIpc) is 2.92. The number of rotatable bonds is 4. The van der Waals surface area contributed by atoms with E-state index >= 15 is 0 Å². The summed E-state index contributed by atoms with van der Waals surface area (Å²) >= 11 is 0. The molecule has 1 rings (SSSR count). The third-order valence-corrected chi connectivity index (χ3v) is 4.23. The highest BCUT2D eigenvalue weighted by Crippen LogP contribution is 2.47. The Bertz CT molecular complexity index is 332. The van der Waals surface area contributed by atoms with Crippen LogP contribution in [0.3, 0.4) is 0 Å². The van der Waals surface area contributed by atoms with Gasteiger partial charge in [-0.25, -0.2) is 8.93 Å². The van der Waals surface area contributed by atoms with Crippen molar-refractivity contribution in [2.45, 2.75) is 56.5 Å². The maximum atomic E-state index is 13.3. The summed E-state index contributed by atoms with van der Waals surface area (Å²) in [6.07, 6.45) is -5.04. The van der Waals surface area contributed by atoms with Gasteiger partial charge in [0.1, 0.15) is 0 Å². The molecule has 2 nitrogen and oxygen atoms in total. The van der Waals surface area contributed by atoms with Crippen LogP contribution in [0.1, 0.15) is 33.6 Å². The zero-order valence-electron chi connectivity index (χ0n) is 10.3. The van der Waals surface area contributed by atoms with Gasteiger partial charge in [-0.05, 0) is 39.5 Å². The number of alkyl halides is 5. The first-order chi connectivity index (χ1) is 7.87. The minimum atomic E-state index is -5.63. The molecule has 0 saturated heterocycles. The lowest BCUT2D eigenvalue weighted by atomic mass is 10.1. The van der Waals surface area contributed by atoms with Crippen molar-refractivity contribution in [1.82, 2.24) is 4.72 Å². The summed E-state index contributed by atoms with van der Waals surface area (Å²) in [7, 11) is -1.96. The van der Waals surface area contributed by atoms with E-state index in [1.165, 1.54) is 20.8 Å². The smallest absolute Gasteiger partial charge is 0.242 e. The maximum Gasteiger partial charge on any atom is 0.454 e. The van der Waals surface area contributed by atoms with Gasteiger partial charge in [-0.2, -0.15) is 22.0 Å². The molecule has 0 amide bonds. The molecule has 0 aromatic heterocycles. The largest absolute Gasteiger partial charge is 0.454 e. The summed E-state index contributed by atoms with van der Waals surface area (Å²) in [5.41, 5.74) is 0. The Morgan fingerprint density at radius 3 is 1.83 bits per heavy atom. The van der Waals surface area contributed by atoms with Crippen molar-refractivity contribution in [2.75, 3.05) is 0 Å². The van der Waals surface area contributed by atoms with Crippen LogP contribution in [0.15, 0.2) is 0 Å². The first kappa shape index (κ1) is 15.8. The van der Waals surface area contributed by atoms with Gasteiger partial charge in [0, 0.05) is 0 Å². The molecule has 2 unspecified atom stereocenters. The lowest BCUT2D eigenvalue weighted by molar-refractivity contribution is -0.293. The Morgan fingerprint density at radius 1 is 1.11 bits per heavy atom. The molecule has 0 bridgehead atoms. The Labute approximate surface area is 105 Å². The molecule has 0 radical (unpaired) electrons. The van der Waals surface area contributed by atoms with E-state index < -0.39 is 39.8 Å². The second-order valence-electron chi connectivity index (χ2n) is 5.43. The van der Waals surface area contributed by atoms with Crippen LogP contribution in [-0.2, 0) is 11.0 Å². The average molecular weight is 293 g/mol. The zero-order chi connectivity index (χ0) is 14.4. The minimum absolute atomic E-state index is 0.296. The van der Waals surface area contributed by atoms with Crippen molar-refractivity contribution in [2.24, 2.45) is 5.92 Å². The van der Waals surface area contributed by atoms with E-state index in [1.807, 2.05) is 4.72 Å². The fourth-order valence-corrected chi connectivity index (χ4v) is 2.29. The second kappa shape index (κ2) is 4.70. The van der Waals surface area contributed by atoms with Crippen LogP contribution in [0.2, 0.25) is 0 Å². The van der Waals surface area contributed by atoms with Crippen LogP contribution in [0.25, 0.3) is 0 Å². The molecule has 108 valence electrons. The first-order valence-corrected chi connectivity index (χ1v) is 6.65. The highest BCUT2D eigenvalue weighted by Gasteiger charge is 2.65. The molecule has 8 heteroatoms. The summed E-state index contributed by atoms with van der Waals surface area (Å²) in [5, 5.41) is 0. The summed E-state index contributed by atoms with van der Waals surface area (Å²) in [5.74, 6) is -5.64. The summed E-state index contributed by atoms with van der Waals surface area (Å²) in [6, 6.07) is -2.11.